The minimum atomic E-state index is 0.0103. The van der Waals surface area contributed by atoms with Crippen molar-refractivity contribution in [2.45, 2.75) is 39.7 Å². The molecule has 18 heavy (non-hydrogen) atoms. The average molecular weight is 246 g/mol. The number of ether oxygens (including phenoxy) is 1. The molecule has 0 saturated heterocycles. The van der Waals surface area contributed by atoms with Gasteiger partial charge in [-0.05, 0) is 18.9 Å². The third kappa shape index (κ3) is 2.37. The van der Waals surface area contributed by atoms with Gasteiger partial charge in [-0.1, -0.05) is 13.8 Å². The molecule has 2 rings (SSSR count). The normalized spacial score (nSPS) is 11.1. The van der Waals surface area contributed by atoms with Gasteiger partial charge in [-0.3, -0.25) is 9.20 Å². The minimum absolute atomic E-state index is 0.0103. The highest BCUT2D eigenvalue weighted by Crippen LogP contribution is 2.18. The highest BCUT2D eigenvalue weighted by atomic mass is 16.5. The van der Waals surface area contributed by atoms with Crippen molar-refractivity contribution in [1.82, 2.24) is 9.38 Å². The van der Waals surface area contributed by atoms with E-state index < -0.39 is 0 Å². The van der Waals surface area contributed by atoms with Gasteiger partial charge in [0.25, 0.3) is 0 Å². The number of carbonyl (C=O) groups is 1. The molecule has 0 fully saturated rings. The van der Waals surface area contributed by atoms with Crippen molar-refractivity contribution in [1.29, 1.82) is 0 Å². The summed E-state index contributed by atoms with van der Waals surface area (Å²) in [5, 5.41) is 0. The molecule has 2 aromatic rings. The number of hydrogen-bond acceptors (Lipinski definition) is 3. The van der Waals surface area contributed by atoms with E-state index in [1.165, 1.54) is 6.92 Å². The minimum Gasteiger partial charge on any atom is -0.490 e. The van der Waals surface area contributed by atoms with E-state index in [-0.39, 0.29) is 11.9 Å². The second-order valence-electron chi connectivity index (χ2n) is 4.35. The van der Waals surface area contributed by atoms with E-state index in [2.05, 4.69) is 18.8 Å². The van der Waals surface area contributed by atoms with Crippen LogP contribution in [0.25, 0.3) is 5.65 Å². The number of aromatic nitrogens is 2. The Labute approximate surface area is 107 Å². The van der Waals surface area contributed by atoms with Gasteiger partial charge in [0.2, 0.25) is 0 Å². The fraction of sp³-hybridized carbons (Fsp3) is 0.429. The van der Waals surface area contributed by atoms with E-state index >= 15 is 0 Å². The maximum atomic E-state index is 11.4. The molecule has 0 radical (unpaired) electrons. The van der Waals surface area contributed by atoms with Crippen LogP contribution < -0.4 is 4.74 Å². The topological polar surface area (TPSA) is 43.6 Å². The Kier molecular flexibility index (Phi) is 3.65. The second-order valence-corrected chi connectivity index (χ2v) is 4.35. The number of carbonyl (C=O) groups excluding carboxylic acids is 1. The summed E-state index contributed by atoms with van der Waals surface area (Å²) < 4.78 is 7.63. The molecule has 2 heterocycles. The van der Waals surface area contributed by atoms with Gasteiger partial charge in [-0.2, -0.15) is 0 Å². The molecule has 4 nitrogen and oxygen atoms in total. The summed E-state index contributed by atoms with van der Waals surface area (Å²) >= 11 is 0. The van der Waals surface area contributed by atoms with Crippen molar-refractivity contribution in [3.63, 3.8) is 0 Å². The fourth-order valence-corrected chi connectivity index (χ4v) is 1.94. The number of rotatable bonds is 5. The zero-order valence-corrected chi connectivity index (χ0v) is 11.0. The zero-order valence-electron chi connectivity index (χ0n) is 11.0. The van der Waals surface area contributed by atoms with Crippen LogP contribution in [-0.4, -0.2) is 21.3 Å². The summed E-state index contributed by atoms with van der Waals surface area (Å²) in [6.07, 6.45) is 5.62. The van der Waals surface area contributed by atoms with Crippen LogP contribution in [-0.2, 0) is 0 Å². The Bertz CT molecular complexity index is 556. The van der Waals surface area contributed by atoms with E-state index in [9.17, 15) is 4.79 Å². The second kappa shape index (κ2) is 5.21. The molecular weight excluding hydrogens is 228 g/mol. The lowest BCUT2D eigenvalue weighted by Gasteiger charge is -2.15. The molecular formula is C14H18N2O2. The van der Waals surface area contributed by atoms with E-state index in [0.29, 0.717) is 5.69 Å². The first kappa shape index (κ1) is 12.6. The first-order chi connectivity index (χ1) is 8.65. The first-order valence-electron chi connectivity index (χ1n) is 6.30. The van der Waals surface area contributed by atoms with Gasteiger partial charge in [0, 0.05) is 19.2 Å². The van der Waals surface area contributed by atoms with Crippen LogP contribution in [0.2, 0.25) is 0 Å². The summed E-state index contributed by atoms with van der Waals surface area (Å²) in [5.41, 5.74) is 1.34. The molecule has 0 bridgehead atoms. The van der Waals surface area contributed by atoms with Gasteiger partial charge in [0.05, 0.1) is 12.3 Å². The molecule has 0 atom stereocenters. The average Bonchev–Trinajstić information content (AvgIpc) is 2.78. The Morgan fingerprint density at radius 1 is 1.44 bits per heavy atom. The number of nitrogens with zero attached hydrogens (tertiary/aromatic N) is 2. The monoisotopic (exact) mass is 246 g/mol. The third-order valence-electron chi connectivity index (χ3n) is 3.06. The SMILES string of the molecule is CCC(CC)Oc1ccn2c(C(C)=O)cnc2c1. The Hall–Kier alpha value is -1.84. The van der Waals surface area contributed by atoms with Crippen molar-refractivity contribution in [2.75, 3.05) is 0 Å². The molecule has 0 aromatic carbocycles. The number of fused-ring (bicyclic) bond motifs is 1. The zero-order chi connectivity index (χ0) is 13.1. The summed E-state index contributed by atoms with van der Waals surface area (Å²) in [6, 6.07) is 3.74. The quantitative estimate of drug-likeness (QED) is 0.761. The number of hydrogen-bond donors (Lipinski definition) is 0. The van der Waals surface area contributed by atoms with Crippen molar-refractivity contribution < 1.29 is 9.53 Å². The Balaban J connectivity index is 2.31. The van der Waals surface area contributed by atoms with Crippen LogP contribution in [0.15, 0.2) is 24.5 Å². The largest absolute Gasteiger partial charge is 0.490 e. The van der Waals surface area contributed by atoms with E-state index in [1.807, 2.05) is 18.3 Å². The molecule has 0 aliphatic rings. The molecule has 0 aliphatic carbocycles. The summed E-state index contributed by atoms with van der Waals surface area (Å²) in [5.74, 6) is 0.813. The van der Waals surface area contributed by atoms with Crippen molar-refractivity contribution in [3.05, 3.63) is 30.2 Å². The van der Waals surface area contributed by atoms with Crippen molar-refractivity contribution in [3.8, 4) is 5.75 Å². The Morgan fingerprint density at radius 2 is 2.17 bits per heavy atom. The smallest absolute Gasteiger partial charge is 0.178 e. The number of pyridine rings is 1. The predicted octanol–water partition coefficient (Wildman–Crippen LogP) is 3.10. The van der Waals surface area contributed by atoms with Gasteiger partial charge in [-0.15, -0.1) is 0 Å². The van der Waals surface area contributed by atoms with Gasteiger partial charge >= 0.3 is 0 Å². The molecule has 0 N–H and O–H groups in total. The van der Waals surface area contributed by atoms with Gasteiger partial charge in [0.1, 0.15) is 17.1 Å². The first-order valence-corrected chi connectivity index (χ1v) is 6.30. The maximum Gasteiger partial charge on any atom is 0.178 e. The van der Waals surface area contributed by atoms with Gasteiger partial charge < -0.3 is 4.74 Å². The van der Waals surface area contributed by atoms with E-state index in [1.54, 1.807) is 10.6 Å². The van der Waals surface area contributed by atoms with Gasteiger partial charge in [-0.25, -0.2) is 4.98 Å². The number of imidazole rings is 1. The van der Waals surface area contributed by atoms with Crippen LogP contribution in [0, 0.1) is 0 Å². The van der Waals surface area contributed by atoms with Crippen molar-refractivity contribution in [2.24, 2.45) is 0 Å². The molecule has 4 heteroatoms. The van der Waals surface area contributed by atoms with Crippen LogP contribution in [0.3, 0.4) is 0 Å². The predicted molar refractivity (Wildman–Crippen MR) is 70.2 cm³/mol. The fourth-order valence-electron chi connectivity index (χ4n) is 1.94. The van der Waals surface area contributed by atoms with Gasteiger partial charge in [0.15, 0.2) is 5.78 Å². The van der Waals surface area contributed by atoms with Crippen LogP contribution in [0.5, 0.6) is 5.75 Å². The maximum absolute atomic E-state index is 11.4. The summed E-state index contributed by atoms with van der Waals surface area (Å²) in [7, 11) is 0. The number of Topliss-reactive ketones (excluding diaryl/α,β-unsaturated/α-hetero) is 1. The summed E-state index contributed by atoms with van der Waals surface area (Å²) in [4.78, 5) is 15.6. The molecule has 0 saturated carbocycles. The third-order valence-corrected chi connectivity index (χ3v) is 3.06. The van der Waals surface area contributed by atoms with Crippen LogP contribution in [0.4, 0.5) is 0 Å². The molecule has 0 aliphatic heterocycles. The van der Waals surface area contributed by atoms with E-state index in [4.69, 9.17) is 4.74 Å². The lowest BCUT2D eigenvalue weighted by molar-refractivity contribution is 0.101. The molecule has 0 unspecified atom stereocenters. The lowest BCUT2D eigenvalue weighted by Crippen LogP contribution is -2.13. The highest BCUT2D eigenvalue weighted by molar-refractivity contribution is 5.93. The molecule has 0 amide bonds. The molecule has 96 valence electrons. The van der Waals surface area contributed by atoms with Crippen molar-refractivity contribution >= 4 is 11.4 Å². The van der Waals surface area contributed by atoms with E-state index in [0.717, 1.165) is 24.2 Å². The highest BCUT2D eigenvalue weighted by Gasteiger charge is 2.10. The molecule has 0 spiro atoms. The number of ketones is 1. The molecule has 2 aromatic heterocycles. The van der Waals surface area contributed by atoms with Crippen LogP contribution >= 0.6 is 0 Å². The summed E-state index contributed by atoms with van der Waals surface area (Å²) in [6.45, 7) is 5.75. The van der Waals surface area contributed by atoms with Crippen LogP contribution in [0.1, 0.15) is 44.1 Å². The standard InChI is InChI=1S/C14H18N2O2/c1-4-11(5-2)18-12-6-7-16-13(10(3)17)9-15-14(16)8-12/h6-9,11H,4-5H2,1-3H3. The lowest BCUT2D eigenvalue weighted by atomic mass is 10.2. The Morgan fingerprint density at radius 3 is 2.78 bits per heavy atom.